The van der Waals surface area contributed by atoms with Gasteiger partial charge in [0, 0.05) is 6.04 Å². The maximum absolute atomic E-state index is 9.25. The second-order valence-electron chi connectivity index (χ2n) is 3.61. The molecule has 2 rings (SSSR count). The van der Waals surface area contributed by atoms with Crippen molar-refractivity contribution in [3.05, 3.63) is 23.8 Å². The van der Waals surface area contributed by atoms with Crippen molar-refractivity contribution in [1.29, 1.82) is 0 Å². The summed E-state index contributed by atoms with van der Waals surface area (Å²) < 4.78 is 0. The van der Waals surface area contributed by atoms with E-state index >= 15 is 0 Å². The first-order chi connectivity index (χ1) is 6.18. The van der Waals surface area contributed by atoms with E-state index in [0.717, 1.165) is 5.56 Å². The van der Waals surface area contributed by atoms with E-state index in [1.807, 2.05) is 0 Å². The average Bonchev–Trinajstić information content (AvgIpc) is 2.91. The van der Waals surface area contributed by atoms with Crippen LogP contribution in [0.4, 0.5) is 0 Å². The summed E-state index contributed by atoms with van der Waals surface area (Å²) in [5, 5.41) is 18.3. The normalized spacial score (nSPS) is 18.5. The van der Waals surface area contributed by atoms with Crippen molar-refractivity contribution in [3.63, 3.8) is 0 Å². The van der Waals surface area contributed by atoms with E-state index < -0.39 is 0 Å². The molecule has 0 saturated heterocycles. The lowest BCUT2D eigenvalue weighted by Crippen LogP contribution is -2.11. The number of hydrogen-bond acceptors (Lipinski definition) is 3. The van der Waals surface area contributed by atoms with Gasteiger partial charge in [-0.3, -0.25) is 0 Å². The number of benzene rings is 1. The lowest BCUT2D eigenvalue weighted by molar-refractivity contribution is 0.402. The van der Waals surface area contributed by atoms with Gasteiger partial charge in [-0.1, -0.05) is 6.07 Å². The Kier molecular flexibility index (Phi) is 1.88. The Hall–Kier alpha value is -1.22. The van der Waals surface area contributed by atoms with Gasteiger partial charge >= 0.3 is 0 Å². The predicted molar refractivity (Wildman–Crippen MR) is 49.4 cm³/mol. The molecule has 1 aromatic carbocycles. The average molecular weight is 179 g/mol. The molecule has 1 fully saturated rings. The Morgan fingerprint density at radius 2 is 1.92 bits per heavy atom. The van der Waals surface area contributed by atoms with Gasteiger partial charge in [0.15, 0.2) is 11.5 Å². The Balaban J connectivity index is 2.24. The molecule has 0 amide bonds. The summed E-state index contributed by atoms with van der Waals surface area (Å²) in [6, 6.07) is 4.79. The van der Waals surface area contributed by atoms with Crippen molar-refractivity contribution in [2.75, 3.05) is 0 Å². The molecule has 1 atom stereocenters. The van der Waals surface area contributed by atoms with Crippen LogP contribution >= 0.6 is 0 Å². The van der Waals surface area contributed by atoms with Crippen LogP contribution in [0.1, 0.15) is 24.4 Å². The molecule has 1 aliphatic carbocycles. The molecule has 70 valence electrons. The molecule has 0 spiro atoms. The highest BCUT2D eigenvalue weighted by Crippen LogP contribution is 2.40. The maximum Gasteiger partial charge on any atom is 0.157 e. The van der Waals surface area contributed by atoms with Gasteiger partial charge in [0.25, 0.3) is 0 Å². The zero-order chi connectivity index (χ0) is 9.42. The number of phenolic OH excluding ortho intramolecular Hbond substituents is 2. The summed E-state index contributed by atoms with van der Waals surface area (Å²) in [4.78, 5) is 0. The molecule has 0 unspecified atom stereocenters. The zero-order valence-corrected chi connectivity index (χ0v) is 7.27. The van der Waals surface area contributed by atoms with E-state index in [9.17, 15) is 5.11 Å². The van der Waals surface area contributed by atoms with Crippen LogP contribution in [-0.2, 0) is 0 Å². The Bertz CT molecular complexity index is 321. The zero-order valence-electron chi connectivity index (χ0n) is 7.27. The molecular formula is C10H13NO2. The van der Waals surface area contributed by atoms with Gasteiger partial charge in [-0.05, 0) is 36.5 Å². The number of aromatic hydroxyl groups is 2. The molecular weight excluding hydrogens is 166 g/mol. The molecule has 0 bridgehead atoms. The molecule has 3 heteroatoms. The fraction of sp³-hybridized carbons (Fsp3) is 0.400. The Labute approximate surface area is 76.8 Å². The summed E-state index contributed by atoms with van der Waals surface area (Å²) in [7, 11) is 0. The minimum Gasteiger partial charge on any atom is -0.504 e. The van der Waals surface area contributed by atoms with Gasteiger partial charge in [-0.15, -0.1) is 0 Å². The molecule has 0 aromatic heterocycles. The molecule has 3 nitrogen and oxygen atoms in total. The number of hydrogen-bond donors (Lipinski definition) is 3. The highest BCUT2D eigenvalue weighted by molar-refractivity contribution is 5.41. The van der Waals surface area contributed by atoms with Crippen molar-refractivity contribution in [2.24, 2.45) is 11.7 Å². The number of rotatable bonds is 2. The number of phenols is 2. The molecule has 0 radical (unpaired) electrons. The smallest absolute Gasteiger partial charge is 0.157 e. The van der Waals surface area contributed by atoms with Gasteiger partial charge in [0.05, 0.1) is 0 Å². The van der Waals surface area contributed by atoms with Gasteiger partial charge < -0.3 is 15.9 Å². The minimum absolute atomic E-state index is 0.00602. The fourth-order valence-electron chi connectivity index (χ4n) is 1.48. The van der Waals surface area contributed by atoms with Crippen LogP contribution in [0.25, 0.3) is 0 Å². The second kappa shape index (κ2) is 2.92. The third-order valence-electron chi connectivity index (χ3n) is 2.51. The Morgan fingerprint density at radius 1 is 1.23 bits per heavy atom. The molecule has 0 aliphatic heterocycles. The molecule has 0 heterocycles. The highest BCUT2D eigenvalue weighted by atomic mass is 16.3. The second-order valence-corrected chi connectivity index (χ2v) is 3.61. The van der Waals surface area contributed by atoms with E-state index in [1.54, 1.807) is 12.1 Å². The predicted octanol–water partition coefficient (Wildman–Crippen LogP) is 1.51. The van der Waals surface area contributed by atoms with Crippen LogP contribution in [0.2, 0.25) is 0 Å². The summed E-state index contributed by atoms with van der Waals surface area (Å²) in [6.07, 6.45) is 2.34. The van der Waals surface area contributed by atoms with E-state index in [1.165, 1.54) is 18.9 Å². The molecule has 1 aliphatic rings. The van der Waals surface area contributed by atoms with E-state index in [4.69, 9.17) is 10.8 Å². The van der Waals surface area contributed by atoms with Crippen molar-refractivity contribution in [3.8, 4) is 11.5 Å². The van der Waals surface area contributed by atoms with Crippen LogP contribution in [0.3, 0.4) is 0 Å². The van der Waals surface area contributed by atoms with E-state index in [0.29, 0.717) is 5.92 Å². The molecule has 1 aromatic rings. The van der Waals surface area contributed by atoms with Crippen LogP contribution in [-0.4, -0.2) is 10.2 Å². The lowest BCUT2D eigenvalue weighted by Gasteiger charge is -2.10. The van der Waals surface area contributed by atoms with Crippen LogP contribution < -0.4 is 5.73 Å². The third-order valence-corrected chi connectivity index (χ3v) is 2.51. The molecule has 13 heavy (non-hydrogen) atoms. The van der Waals surface area contributed by atoms with Crippen molar-refractivity contribution >= 4 is 0 Å². The monoisotopic (exact) mass is 179 g/mol. The van der Waals surface area contributed by atoms with Crippen LogP contribution in [0.5, 0.6) is 11.5 Å². The van der Waals surface area contributed by atoms with E-state index in [2.05, 4.69) is 0 Å². The van der Waals surface area contributed by atoms with Crippen molar-refractivity contribution in [2.45, 2.75) is 18.9 Å². The standard InChI is InChI=1S/C10H13NO2/c11-10(6-1-2-6)7-3-4-8(12)9(13)5-7/h3-6,10,12-13H,1-2,11H2/t10-/m1/s1. The first-order valence-corrected chi connectivity index (χ1v) is 4.46. The minimum atomic E-state index is -0.0910. The molecule has 4 N–H and O–H groups in total. The van der Waals surface area contributed by atoms with E-state index in [-0.39, 0.29) is 17.5 Å². The van der Waals surface area contributed by atoms with Crippen molar-refractivity contribution in [1.82, 2.24) is 0 Å². The summed E-state index contributed by atoms with van der Waals surface area (Å²) in [6.45, 7) is 0. The van der Waals surface area contributed by atoms with Crippen LogP contribution in [0.15, 0.2) is 18.2 Å². The number of nitrogens with two attached hydrogens (primary N) is 1. The highest BCUT2D eigenvalue weighted by Gasteiger charge is 2.29. The summed E-state index contributed by atoms with van der Waals surface area (Å²) >= 11 is 0. The van der Waals surface area contributed by atoms with Gasteiger partial charge in [-0.25, -0.2) is 0 Å². The third kappa shape index (κ3) is 1.60. The first-order valence-electron chi connectivity index (χ1n) is 4.46. The van der Waals surface area contributed by atoms with Gasteiger partial charge in [-0.2, -0.15) is 0 Å². The lowest BCUT2D eigenvalue weighted by atomic mass is 10.0. The van der Waals surface area contributed by atoms with Crippen LogP contribution in [0, 0.1) is 5.92 Å². The Morgan fingerprint density at radius 3 is 2.46 bits per heavy atom. The first kappa shape index (κ1) is 8.38. The van der Waals surface area contributed by atoms with Gasteiger partial charge in [0.1, 0.15) is 0 Å². The fourth-order valence-corrected chi connectivity index (χ4v) is 1.48. The largest absolute Gasteiger partial charge is 0.504 e. The quantitative estimate of drug-likeness (QED) is 0.603. The molecule has 1 saturated carbocycles. The van der Waals surface area contributed by atoms with Gasteiger partial charge in [0.2, 0.25) is 0 Å². The maximum atomic E-state index is 9.25. The van der Waals surface area contributed by atoms with Crippen molar-refractivity contribution < 1.29 is 10.2 Å². The summed E-state index contributed by atoms with van der Waals surface area (Å²) in [5.41, 5.74) is 6.83. The topological polar surface area (TPSA) is 66.5 Å². The SMILES string of the molecule is N[C@@H](c1ccc(O)c(O)c1)C1CC1. The summed E-state index contributed by atoms with van der Waals surface area (Å²) in [5.74, 6) is 0.379.